The van der Waals surface area contributed by atoms with Crippen molar-refractivity contribution in [1.82, 2.24) is 4.90 Å². The van der Waals surface area contributed by atoms with Crippen LogP contribution in [-0.2, 0) is 4.79 Å². The summed E-state index contributed by atoms with van der Waals surface area (Å²) in [5.74, 6) is -0.0602. The first-order chi connectivity index (χ1) is 9.49. The molecule has 1 heterocycles. The number of rotatable bonds is 5. The third kappa shape index (κ3) is 3.40. The fraction of sp³-hybridized carbons (Fsp3) is 0.588. The Kier molecular flexibility index (Phi) is 4.81. The molecular formula is C17H25NO2. The van der Waals surface area contributed by atoms with Crippen molar-refractivity contribution in [3.05, 3.63) is 35.9 Å². The predicted octanol–water partition coefficient (Wildman–Crippen LogP) is 3.43. The smallest absolute Gasteiger partial charge is 0.308 e. The highest BCUT2D eigenvalue weighted by Gasteiger charge is 2.38. The summed E-state index contributed by atoms with van der Waals surface area (Å²) >= 11 is 0. The van der Waals surface area contributed by atoms with E-state index in [1.54, 1.807) is 0 Å². The van der Waals surface area contributed by atoms with Crippen LogP contribution >= 0.6 is 0 Å². The van der Waals surface area contributed by atoms with Crippen LogP contribution in [0.4, 0.5) is 0 Å². The second kappa shape index (κ2) is 6.40. The molecule has 1 aromatic carbocycles. The monoisotopic (exact) mass is 275 g/mol. The average molecular weight is 275 g/mol. The molecule has 0 bridgehead atoms. The summed E-state index contributed by atoms with van der Waals surface area (Å²) in [5, 5.41) is 9.31. The second-order valence-electron chi connectivity index (χ2n) is 6.43. The Morgan fingerprint density at radius 3 is 2.45 bits per heavy atom. The molecule has 0 aromatic heterocycles. The number of hydrogen-bond donors (Lipinski definition) is 1. The first-order valence-corrected chi connectivity index (χ1v) is 7.50. The number of carbonyl (C=O) groups is 1. The van der Waals surface area contributed by atoms with E-state index in [-0.39, 0.29) is 11.8 Å². The molecule has 2 rings (SSSR count). The van der Waals surface area contributed by atoms with E-state index in [1.807, 2.05) is 6.07 Å². The minimum absolute atomic E-state index is 0.228. The Labute approximate surface area is 121 Å². The quantitative estimate of drug-likeness (QED) is 0.895. The van der Waals surface area contributed by atoms with Crippen molar-refractivity contribution in [3.8, 4) is 0 Å². The minimum Gasteiger partial charge on any atom is -0.481 e. The van der Waals surface area contributed by atoms with Gasteiger partial charge in [0.05, 0.1) is 5.92 Å². The van der Waals surface area contributed by atoms with Gasteiger partial charge in [0.25, 0.3) is 0 Å². The molecule has 110 valence electrons. The van der Waals surface area contributed by atoms with Crippen molar-refractivity contribution in [2.24, 2.45) is 17.8 Å². The third-order valence-electron chi connectivity index (χ3n) is 4.28. The van der Waals surface area contributed by atoms with E-state index in [9.17, 15) is 9.90 Å². The Bertz CT molecular complexity index is 444. The van der Waals surface area contributed by atoms with E-state index >= 15 is 0 Å². The van der Waals surface area contributed by atoms with Crippen LogP contribution < -0.4 is 0 Å². The number of nitrogens with zero attached hydrogens (tertiary/aromatic N) is 1. The molecule has 1 aromatic rings. The maximum Gasteiger partial charge on any atom is 0.308 e. The van der Waals surface area contributed by atoms with E-state index in [4.69, 9.17) is 0 Å². The molecule has 1 fully saturated rings. The van der Waals surface area contributed by atoms with Gasteiger partial charge in [0, 0.05) is 19.1 Å². The zero-order valence-electron chi connectivity index (χ0n) is 12.6. The van der Waals surface area contributed by atoms with Crippen LogP contribution in [0.3, 0.4) is 0 Å². The highest BCUT2D eigenvalue weighted by Crippen LogP contribution is 2.34. The van der Waals surface area contributed by atoms with Crippen molar-refractivity contribution in [1.29, 1.82) is 0 Å². The molecule has 0 aliphatic carbocycles. The number of hydrogen-bond acceptors (Lipinski definition) is 2. The van der Waals surface area contributed by atoms with E-state index in [0.29, 0.717) is 18.5 Å². The van der Waals surface area contributed by atoms with Crippen LogP contribution in [0.25, 0.3) is 0 Å². The van der Waals surface area contributed by atoms with E-state index in [0.717, 1.165) is 13.0 Å². The number of carboxylic acids is 1. The molecule has 1 aliphatic heterocycles. The topological polar surface area (TPSA) is 40.5 Å². The number of likely N-dealkylation sites (tertiary alicyclic amines) is 1. The summed E-state index contributed by atoms with van der Waals surface area (Å²) in [6.07, 6.45) is 1.07. The van der Waals surface area contributed by atoms with E-state index in [2.05, 4.69) is 49.9 Å². The van der Waals surface area contributed by atoms with Crippen molar-refractivity contribution in [3.63, 3.8) is 0 Å². The van der Waals surface area contributed by atoms with Crippen molar-refractivity contribution in [2.75, 3.05) is 13.1 Å². The second-order valence-corrected chi connectivity index (χ2v) is 6.43. The number of carboxylic acid groups (broad SMARTS) is 1. The molecule has 1 aliphatic rings. The maximum absolute atomic E-state index is 11.3. The van der Waals surface area contributed by atoms with Gasteiger partial charge < -0.3 is 5.11 Å². The highest BCUT2D eigenvalue weighted by molar-refractivity contribution is 5.71. The van der Waals surface area contributed by atoms with Crippen LogP contribution in [0, 0.1) is 17.8 Å². The SMILES string of the molecule is CC(C)CC(c1ccccc1)N1CC(C)C(C(=O)O)C1. The molecule has 0 spiro atoms. The van der Waals surface area contributed by atoms with Gasteiger partial charge >= 0.3 is 5.97 Å². The van der Waals surface area contributed by atoms with Gasteiger partial charge in [-0.25, -0.2) is 0 Å². The highest BCUT2D eigenvalue weighted by atomic mass is 16.4. The first kappa shape index (κ1) is 15.0. The van der Waals surface area contributed by atoms with Crippen molar-refractivity contribution < 1.29 is 9.90 Å². The standard InChI is InChI=1S/C17H25NO2/c1-12(2)9-16(14-7-5-4-6-8-14)18-10-13(3)15(11-18)17(19)20/h4-8,12-13,15-16H,9-11H2,1-3H3,(H,19,20). The molecule has 3 heteroatoms. The predicted molar refractivity (Wildman–Crippen MR) is 80.5 cm³/mol. The summed E-state index contributed by atoms with van der Waals surface area (Å²) in [5.41, 5.74) is 1.31. The minimum atomic E-state index is -0.656. The normalized spacial score (nSPS) is 25.0. The summed E-state index contributed by atoms with van der Waals surface area (Å²) in [6.45, 7) is 8.05. The van der Waals surface area contributed by atoms with Crippen LogP contribution in [0.1, 0.15) is 38.8 Å². The van der Waals surface area contributed by atoms with Gasteiger partial charge in [-0.2, -0.15) is 0 Å². The lowest BCUT2D eigenvalue weighted by molar-refractivity contribution is -0.142. The summed E-state index contributed by atoms with van der Waals surface area (Å²) in [7, 11) is 0. The molecule has 0 amide bonds. The average Bonchev–Trinajstić information content (AvgIpc) is 2.79. The maximum atomic E-state index is 11.3. The molecule has 3 nitrogen and oxygen atoms in total. The molecule has 20 heavy (non-hydrogen) atoms. The zero-order valence-corrected chi connectivity index (χ0v) is 12.6. The lowest BCUT2D eigenvalue weighted by atomic mass is 9.96. The number of aliphatic carboxylic acids is 1. The first-order valence-electron chi connectivity index (χ1n) is 7.50. The Balaban J connectivity index is 2.18. The summed E-state index contributed by atoms with van der Waals surface area (Å²) in [6, 6.07) is 10.8. The molecule has 0 saturated carbocycles. The van der Waals surface area contributed by atoms with E-state index in [1.165, 1.54) is 5.56 Å². The Morgan fingerprint density at radius 2 is 1.95 bits per heavy atom. The molecule has 0 radical (unpaired) electrons. The van der Waals surface area contributed by atoms with Crippen LogP contribution in [0.2, 0.25) is 0 Å². The Morgan fingerprint density at radius 1 is 1.30 bits per heavy atom. The molecular weight excluding hydrogens is 250 g/mol. The van der Waals surface area contributed by atoms with Crippen molar-refractivity contribution >= 4 is 5.97 Å². The van der Waals surface area contributed by atoms with Gasteiger partial charge in [-0.1, -0.05) is 51.1 Å². The summed E-state index contributed by atoms with van der Waals surface area (Å²) in [4.78, 5) is 13.7. The number of benzene rings is 1. The van der Waals surface area contributed by atoms with Crippen molar-refractivity contribution in [2.45, 2.75) is 33.2 Å². The summed E-state index contributed by atoms with van der Waals surface area (Å²) < 4.78 is 0. The van der Waals surface area contributed by atoms with Crippen LogP contribution in [-0.4, -0.2) is 29.1 Å². The lowest BCUT2D eigenvalue weighted by Crippen LogP contribution is -2.29. The van der Waals surface area contributed by atoms with Gasteiger partial charge in [0.15, 0.2) is 0 Å². The van der Waals surface area contributed by atoms with Gasteiger partial charge in [0.2, 0.25) is 0 Å². The van der Waals surface area contributed by atoms with Crippen LogP contribution in [0.5, 0.6) is 0 Å². The largest absolute Gasteiger partial charge is 0.481 e. The van der Waals surface area contributed by atoms with Crippen LogP contribution in [0.15, 0.2) is 30.3 Å². The lowest BCUT2D eigenvalue weighted by Gasteiger charge is -2.29. The van der Waals surface area contributed by atoms with Gasteiger partial charge in [0.1, 0.15) is 0 Å². The molecule has 1 N–H and O–H groups in total. The third-order valence-corrected chi connectivity index (χ3v) is 4.28. The van der Waals surface area contributed by atoms with Gasteiger partial charge in [-0.05, 0) is 23.8 Å². The fourth-order valence-corrected chi connectivity index (χ4v) is 3.20. The van der Waals surface area contributed by atoms with Gasteiger partial charge in [-0.3, -0.25) is 9.69 Å². The zero-order chi connectivity index (χ0) is 14.7. The van der Waals surface area contributed by atoms with Gasteiger partial charge in [-0.15, -0.1) is 0 Å². The molecule has 1 saturated heterocycles. The molecule has 3 atom stereocenters. The molecule has 3 unspecified atom stereocenters. The fourth-order valence-electron chi connectivity index (χ4n) is 3.20. The van der Waals surface area contributed by atoms with E-state index < -0.39 is 5.97 Å². The Hall–Kier alpha value is -1.35.